The van der Waals surface area contributed by atoms with Crippen molar-refractivity contribution in [2.45, 2.75) is 6.92 Å². The molecule has 2 amide bonds. The second-order valence-electron chi connectivity index (χ2n) is 4.05. The molecular weight excluding hydrogens is 240 g/mol. The summed E-state index contributed by atoms with van der Waals surface area (Å²) >= 11 is 0. The predicted molar refractivity (Wildman–Crippen MR) is 77.0 cm³/mol. The molecule has 0 aliphatic heterocycles. The summed E-state index contributed by atoms with van der Waals surface area (Å²) in [5, 5.41) is 2.65. The summed E-state index contributed by atoms with van der Waals surface area (Å²) in [6.45, 7) is 9.64. The largest absolute Gasteiger partial charge is 0.331 e. The zero-order valence-electron chi connectivity index (χ0n) is 11.1. The second kappa shape index (κ2) is 7.16. The van der Waals surface area contributed by atoms with Crippen LogP contribution in [0.15, 0.2) is 49.6 Å². The van der Waals surface area contributed by atoms with Crippen LogP contribution in [0.3, 0.4) is 0 Å². The van der Waals surface area contributed by atoms with E-state index in [-0.39, 0.29) is 11.8 Å². The molecule has 0 atom stereocenters. The Morgan fingerprint density at radius 2 is 1.68 bits per heavy atom. The van der Waals surface area contributed by atoms with Gasteiger partial charge in [-0.1, -0.05) is 12.2 Å². The highest BCUT2D eigenvalue weighted by Crippen LogP contribution is 2.11. The van der Waals surface area contributed by atoms with Gasteiger partial charge in [-0.15, -0.1) is 13.2 Å². The van der Waals surface area contributed by atoms with Crippen LogP contribution in [0.5, 0.6) is 0 Å². The molecule has 0 aliphatic rings. The maximum atomic E-state index is 12.2. The summed E-state index contributed by atoms with van der Waals surface area (Å²) in [5.41, 5.74) is 1.24. The molecule has 1 aromatic rings. The van der Waals surface area contributed by atoms with Gasteiger partial charge in [-0.25, -0.2) is 0 Å². The van der Waals surface area contributed by atoms with Gasteiger partial charge in [-0.2, -0.15) is 0 Å². The van der Waals surface area contributed by atoms with E-state index >= 15 is 0 Å². The van der Waals surface area contributed by atoms with Gasteiger partial charge in [0.1, 0.15) is 0 Å². The number of carbonyl (C=O) groups excluding carboxylic acids is 2. The van der Waals surface area contributed by atoms with Gasteiger partial charge in [0.05, 0.1) is 0 Å². The van der Waals surface area contributed by atoms with Gasteiger partial charge < -0.3 is 10.2 Å². The number of benzene rings is 1. The van der Waals surface area contributed by atoms with Crippen molar-refractivity contribution >= 4 is 17.5 Å². The molecule has 0 aromatic heterocycles. The highest BCUT2D eigenvalue weighted by Gasteiger charge is 2.12. The summed E-state index contributed by atoms with van der Waals surface area (Å²) < 4.78 is 0. The maximum Gasteiger partial charge on any atom is 0.254 e. The lowest BCUT2D eigenvalue weighted by Crippen LogP contribution is -2.31. The van der Waals surface area contributed by atoms with Crippen LogP contribution in [0.4, 0.5) is 5.69 Å². The highest BCUT2D eigenvalue weighted by molar-refractivity contribution is 5.95. The van der Waals surface area contributed by atoms with Crippen molar-refractivity contribution in [3.63, 3.8) is 0 Å². The first-order valence-corrected chi connectivity index (χ1v) is 5.97. The quantitative estimate of drug-likeness (QED) is 0.797. The minimum atomic E-state index is -0.140. The van der Waals surface area contributed by atoms with Crippen LogP contribution in [0.25, 0.3) is 0 Å². The van der Waals surface area contributed by atoms with Crippen LogP contribution in [0.1, 0.15) is 17.3 Å². The van der Waals surface area contributed by atoms with E-state index in [1.54, 1.807) is 41.3 Å². The van der Waals surface area contributed by atoms with Crippen LogP contribution < -0.4 is 5.32 Å². The van der Waals surface area contributed by atoms with E-state index in [0.717, 1.165) is 0 Å². The van der Waals surface area contributed by atoms with E-state index in [0.29, 0.717) is 24.3 Å². The molecule has 0 spiro atoms. The number of amides is 2. The van der Waals surface area contributed by atoms with Crippen molar-refractivity contribution in [2.24, 2.45) is 0 Å². The molecule has 1 rings (SSSR count). The van der Waals surface area contributed by atoms with E-state index < -0.39 is 0 Å². The number of anilines is 1. The Morgan fingerprint density at radius 1 is 1.16 bits per heavy atom. The van der Waals surface area contributed by atoms with Crippen molar-refractivity contribution in [3.05, 3.63) is 55.1 Å². The van der Waals surface area contributed by atoms with E-state index in [2.05, 4.69) is 18.5 Å². The minimum absolute atomic E-state index is 0.0887. The van der Waals surface area contributed by atoms with Gasteiger partial charge in [0, 0.05) is 31.3 Å². The van der Waals surface area contributed by atoms with Crippen LogP contribution in [0.2, 0.25) is 0 Å². The average molecular weight is 258 g/mol. The van der Waals surface area contributed by atoms with Gasteiger partial charge in [0.25, 0.3) is 5.91 Å². The maximum absolute atomic E-state index is 12.2. The molecule has 100 valence electrons. The SMILES string of the molecule is C=CCN(CC=C)C(=O)c1ccc(NC(C)=O)cc1. The third kappa shape index (κ3) is 4.43. The van der Waals surface area contributed by atoms with Crippen LogP contribution in [-0.4, -0.2) is 29.8 Å². The Balaban J connectivity index is 2.83. The van der Waals surface area contributed by atoms with Crippen molar-refractivity contribution in [1.29, 1.82) is 0 Å². The van der Waals surface area contributed by atoms with E-state index in [1.807, 2.05) is 0 Å². The molecule has 4 heteroatoms. The molecular formula is C15H18N2O2. The lowest BCUT2D eigenvalue weighted by atomic mass is 10.1. The summed E-state index contributed by atoms with van der Waals surface area (Å²) in [7, 11) is 0. The number of hydrogen-bond donors (Lipinski definition) is 1. The zero-order valence-corrected chi connectivity index (χ0v) is 11.1. The third-order valence-corrected chi connectivity index (χ3v) is 2.44. The standard InChI is InChI=1S/C15H18N2O2/c1-4-10-17(11-5-2)15(19)13-6-8-14(9-7-13)16-12(3)18/h4-9H,1-2,10-11H2,3H3,(H,16,18). The molecule has 0 radical (unpaired) electrons. The van der Waals surface area contributed by atoms with Crippen molar-refractivity contribution in [1.82, 2.24) is 4.90 Å². The Hall–Kier alpha value is -2.36. The molecule has 0 bridgehead atoms. The van der Waals surface area contributed by atoms with Crippen molar-refractivity contribution in [2.75, 3.05) is 18.4 Å². The highest BCUT2D eigenvalue weighted by atomic mass is 16.2. The fourth-order valence-corrected chi connectivity index (χ4v) is 1.63. The Kier molecular flexibility index (Phi) is 5.54. The van der Waals surface area contributed by atoms with Crippen molar-refractivity contribution in [3.8, 4) is 0 Å². The monoisotopic (exact) mass is 258 g/mol. The fraction of sp³-hybridized carbons (Fsp3) is 0.200. The molecule has 0 saturated heterocycles. The third-order valence-electron chi connectivity index (χ3n) is 2.44. The van der Waals surface area contributed by atoms with Gasteiger partial charge in [0.2, 0.25) is 5.91 Å². The first-order valence-electron chi connectivity index (χ1n) is 5.97. The van der Waals surface area contributed by atoms with Gasteiger partial charge >= 0.3 is 0 Å². The van der Waals surface area contributed by atoms with Gasteiger partial charge in [-0.05, 0) is 24.3 Å². The Labute approximate surface area is 113 Å². The van der Waals surface area contributed by atoms with E-state index in [4.69, 9.17) is 0 Å². The number of carbonyl (C=O) groups is 2. The first kappa shape index (κ1) is 14.7. The molecule has 19 heavy (non-hydrogen) atoms. The predicted octanol–water partition coefficient (Wildman–Crippen LogP) is 2.46. The molecule has 1 aromatic carbocycles. The summed E-state index contributed by atoms with van der Waals surface area (Å²) in [4.78, 5) is 24.7. The normalized spacial score (nSPS) is 9.53. The molecule has 0 aliphatic carbocycles. The first-order chi connectivity index (χ1) is 9.08. The zero-order chi connectivity index (χ0) is 14.3. The summed E-state index contributed by atoms with van der Waals surface area (Å²) in [6, 6.07) is 6.78. The minimum Gasteiger partial charge on any atom is -0.331 e. The molecule has 0 unspecified atom stereocenters. The second-order valence-corrected chi connectivity index (χ2v) is 4.05. The summed E-state index contributed by atoms with van der Waals surface area (Å²) in [6.07, 6.45) is 3.35. The molecule has 0 saturated carbocycles. The Morgan fingerprint density at radius 3 is 2.11 bits per heavy atom. The molecule has 1 N–H and O–H groups in total. The van der Waals surface area contributed by atoms with Crippen LogP contribution >= 0.6 is 0 Å². The topological polar surface area (TPSA) is 49.4 Å². The van der Waals surface area contributed by atoms with Crippen LogP contribution in [0, 0.1) is 0 Å². The molecule has 0 fully saturated rings. The number of nitrogens with zero attached hydrogens (tertiary/aromatic N) is 1. The Bertz CT molecular complexity index is 467. The number of rotatable bonds is 6. The number of hydrogen-bond acceptors (Lipinski definition) is 2. The van der Waals surface area contributed by atoms with Crippen LogP contribution in [-0.2, 0) is 4.79 Å². The van der Waals surface area contributed by atoms with Gasteiger partial charge in [-0.3, -0.25) is 9.59 Å². The van der Waals surface area contributed by atoms with Crippen molar-refractivity contribution < 1.29 is 9.59 Å². The van der Waals surface area contributed by atoms with E-state index in [1.165, 1.54) is 6.92 Å². The number of nitrogens with one attached hydrogen (secondary N) is 1. The fourth-order valence-electron chi connectivity index (χ4n) is 1.63. The van der Waals surface area contributed by atoms with E-state index in [9.17, 15) is 9.59 Å². The molecule has 0 heterocycles. The smallest absolute Gasteiger partial charge is 0.254 e. The summed E-state index contributed by atoms with van der Waals surface area (Å²) in [5.74, 6) is -0.229. The van der Waals surface area contributed by atoms with Gasteiger partial charge in [0.15, 0.2) is 0 Å². The lowest BCUT2D eigenvalue weighted by molar-refractivity contribution is -0.114. The average Bonchev–Trinajstić information content (AvgIpc) is 2.38. The molecule has 4 nitrogen and oxygen atoms in total. The lowest BCUT2D eigenvalue weighted by Gasteiger charge is -2.19.